The third-order valence-corrected chi connectivity index (χ3v) is 5.33. The molecule has 10 heteroatoms. The molecule has 0 radical (unpaired) electrons. The molecule has 2 heterocycles. The number of benzene rings is 1. The highest BCUT2D eigenvalue weighted by molar-refractivity contribution is 5.97. The van der Waals surface area contributed by atoms with Crippen molar-refractivity contribution in [2.45, 2.75) is 25.8 Å². The highest BCUT2D eigenvalue weighted by Gasteiger charge is 2.27. The zero-order valence-corrected chi connectivity index (χ0v) is 17.0. The van der Waals surface area contributed by atoms with Gasteiger partial charge in [-0.25, -0.2) is 9.36 Å². The second kappa shape index (κ2) is 8.58. The molecule has 1 fully saturated rings. The number of carboxylic acid groups (broad SMARTS) is 1. The Kier molecular flexibility index (Phi) is 5.67. The van der Waals surface area contributed by atoms with Crippen LogP contribution in [0.1, 0.15) is 29.6 Å². The van der Waals surface area contributed by atoms with Crippen molar-refractivity contribution in [3.05, 3.63) is 69.1 Å². The Morgan fingerprint density at radius 2 is 1.84 bits per heavy atom. The first-order valence-electron chi connectivity index (χ1n) is 10.1. The van der Waals surface area contributed by atoms with Crippen LogP contribution >= 0.6 is 0 Å². The number of rotatable bonds is 8. The van der Waals surface area contributed by atoms with E-state index in [0.29, 0.717) is 18.1 Å². The molecule has 3 N–H and O–H groups in total. The summed E-state index contributed by atoms with van der Waals surface area (Å²) in [7, 11) is 0. The maximum absolute atomic E-state index is 13.1. The molecule has 0 atom stereocenters. The number of furan rings is 1. The number of carboxylic acids is 1. The molecule has 166 valence electrons. The Balaban J connectivity index is 1.81. The largest absolute Gasteiger partial charge is 0.494 e. The first-order chi connectivity index (χ1) is 15.4. The van der Waals surface area contributed by atoms with E-state index in [1.54, 1.807) is 24.3 Å². The standard InChI is InChI=1S/C22H21N3O7/c26-17(27)12-23-19(28)18-20(29)24(10-9-13-3-4-13)22(31)25(21(18)30)15-7-5-14(6-8-15)16-2-1-11-32-16/h1-2,5-8,11,13,29H,3-4,9-10,12H2,(H,23,28)(H,26,27). The number of aromatic nitrogens is 2. The molecule has 0 aliphatic heterocycles. The van der Waals surface area contributed by atoms with Crippen LogP contribution in [0.25, 0.3) is 17.0 Å². The lowest BCUT2D eigenvalue weighted by Gasteiger charge is -2.15. The third kappa shape index (κ3) is 4.20. The fraction of sp³-hybridized carbons (Fsp3) is 0.273. The van der Waals surface area contributed by atoms with E-state index in [1.165, 1.54) is 18.4 Å². The average Bonchev–Trinajstić information content (AvgIpc) is 3.42. The second-order valence-corrected chi connectivity index (χ2v) is 7.61. The summed E-state index contributed by atoms with van der Waals surface area (Å²) >= 11 is 0. The molecule has 4 rings (SSSR count). The molecule has 1 saturated carbocycles. The lowest BCUT2D eigenvalue weighted by molar-refractivity contribution is -0.135. The Morgan fingerprint density at radius 1 is 1.12 bits per heavy atom. The van der Waals surface area contributed by atoms with Crippen molar-refractivity contribution in [3.8, 4) is 22.9 Å². The van der Waals surface area contributed by atoms with Gasteiger partial charge in [-0.3, -0.25) is 19.0 Å². The Labute approximate surface area is 181 Å². The van der Waals surface area contributed by atoms with Crippen LogP contribution in [0.3, 0.4) is 0 Å². The maximum atomic E-state index is 13.1. The maximum Gasteiger partial charge on any atom is 0.338 e. The second-order valence-electron chi connectivity index (χ2n) is 7.61. The van der Waals surface area contributed by atoms with Crippen LogP contribution in [-0.2, 0) is 11.3 Å². The van der Waals surface area contributed by atoms with Crippen LogP contribution in [0.15, 0.2) is 56.7 Å². The summed E-state index contributed by atoms with van der Waals surface area (Å²) in [6.07, 6.45) is 4.18. The van der Waals surface area contributed by atoms with E-state index < -0.39 is 41.1 Å². The fourth-order valence-electron chi connectivity index (χ4n) is 3.45. The van der Waals surface area contributed by atoms with Gasteiger partial charge in [-0.2, -0.15) is 0 Å². The predicted molar refractivity (Wildman–Crippen MR) is 113 cm³/mol. The topological polar surface area (TPSA) is 144 Å². The molecule has 32 heavy (non-hydrogen) atoms. The number of carbonyl (C=O) groups excluding carboxylic acids is 1. The van der Waals surface area contributed by atoms with Gasteiger partial charge in [0.25, 0.3) is 11.5 Å². The van der Waals surface area contributed by atoms with Crippen LogP contribution in [0.4, 0.5) is 0 Å². The van der Waals surface area contributed by atoms with Crippen molar-refractivity contribution >= 4 is 11.9 Å². The molecule has 0 unspecified atom stereocenters. The molecule has 10 nitrogen and oxygen atoms in total. The van der Waals surface area contributed by atoms with Gasteiger partial charge < -0.3 is 19.9 Å². The van der Waals surface area contributed by atoms with E-state index in [9.17, 15) is 24.3 Å². The number of hydrogen-bond acceptors (Lipinski definition) is 6. The summed E-state index contributed by atoms with van der Waals surface area (Å²) in [5.74, 6) is -2.12. The zero-order valence-electron chi connectivity index (χ0n) is 17.0. The van der Waals surface area contributed by atoms with Crippen molar-refractivity contribution in [1.29, 1.82) is 0 Å². The van der Waals surface area contributed by atoms with Gasteiger partial charge in [-0.15, -0.1) is 0 Å². The Morgan fingerprint density at radius 3 is 2.44 bits per heavy atom. The first-order valence-corrected chi connectivity index (χ1v) is 10.1. The summed E-state index contributed by atoms with van der Waals surface area (Å²) in [4.78, 5) is 49.5. The number of nitrogens with one attached hydrogen (secondary N) is 1. The molecule has 0 spiro atoms. The summed E-state index contributed by atoms with van der Waals surface area (Å²) in [6.45, 7) is -0.615. The van der Waals surface area contributed by atoms with Crippen molar-refractivity contribution < 1.29 is 24.2 Å². The van der Waals surface area contributed by atoms with E-state index in [-0.39, 0.29) is 12.2 Å². The highest BCUT2D eigenvalue weighted by Crippen LogP contribution is 2.33. The fourth-order valence-corrected chi connectivity index (χ4v) is 3.45. The van der Waals surface area contributed by atoms with Crippen molar-refractivity contribution in [2.24, 2.45) is 5.92 Å². The van der Waals surface area contributed by atoms with Crippen LogP contribution in [0.5, 0.6) is 5.88 Å². The molecule has 3 aromatic rings. The number of aliphatic carboxylic acids is 1. The van der Waals surface area contributed by atoms with Crippen LogP contribution in [0, 0.1) is 5.92 Å². The molecule has 1 aliphatic carbocycles. The summed E-state index contributed by atoms with van der Waals surface area (Å²) < 4.78 is 7.12. The van der Waals surface area contributed by atoms with E-state index in [0.717, 1.165) is 27.5 Å². The molecule has 1 aromatic carbocycles. The highest BCUT2D eigenvalue weighted by atomic mass is 16.4. The van der Waals surface area contributed by atoms with E-state index in [4.69, 9.17) is 9.52 Å². The minimum absolute atomic E-state index is 0.124. The quantitative estimate of drug-likeness (QED) is 0.483. The first kappa shape index (κ1) is 21.2. The minimum Gasteiger partial charge on any atom is -0.494 e. The minimum atomic E-state index is -1.31. The van der Waals surface area contributed by atoms with Gasteiger partial charge in [-0.05, 0) is 48.7 Å². The van der Waals surface area contributed by atoms with Gasteiger partial charge in [0.15, 0.2) is 5.56 Å². The summed E-state index contributed by atoms with van der Waals surface area (Å²) in [5, 5.41) is 21.5. The number of aromatic hydroxyl groups is 1. The SMILES string of the molecule is O=C(O)CNC(=O)c1c(O)n(CCC2CC2)c(=O)n(-c2ccc(-c3ccco3)cc2)c1=O. The number of hydrogen-bond donors (Lipinski definition) is 3. The number of amides is 1. The summed E-state index contributed by atoms with van der Waals surface area (Å²) in [6, 6.07) is 9.87. The van der Waals surface area contributed by atoms with Gasteiger partial charge in [0, 0.05) is 12.1 Å². The number of nitrogens with zero attached hydrogens (tertiary/aromatic N) is 2. The third-order valence-electron chi connectivity index (χ3n) is 5.33. The van der Waals surface area contributed by atoms with Gasteiger partial charge >= 0.3 is 11.7 Å². The lowest BCUT2D eigenvalue weighted by Crippen LogP contribution is -2.44. The monoisotopic (exact) mass is 439 g/mol. The van der Waals surface area contributed by atoms with Crippen molar-refractivity contribution in [3.63, 3.8) is 0 Å². The van der Waals surface area contributed by atoms with Crippen LogP contribution < -0.4 is 16.6 Å². The van der Waals surface area contributed by atoms with Crippen LogP contribution in [0.2, 0.25) is 0 Å². The van der Waals surface area contributed by atoms with Crippen molar-refractivity contribution in [1.82, 2.24) is 14.5 Å². The van der Waals surface area contributed by atoms with Crippen molar-refractivity contribution in [2.75, 3.05) is 6.54 Å². The molecular formula is C22H21N3O7. The molecular weight excluding hydrogens is 418 g/mol. The number of carbonyl (C=O) groups is 2. The van der Waals surface area contributed by atoms with E-state index in [2.05, 4.69) is 5.32 Å². The Hall–Kier alpha value is -4.08. The smallest absolute Gasteiger partial charge is 0.338 e. The van der Waals surface area contributed by atoms with Gasteiger partial charge in [0.05, 0.1) is 12.0 Å². The zero-order chi connectivity index (χ0) is 22.8. The van der Waals surface area contributed by atoms with E-state index >= 15 is 0 Å². The lowest BCUT2D eigenvalue weighted by atomic mass is 10.1. The van der Waals surface area contributed by atoms with Gasteiger partial charge in [0.2, 0.25) is 5.88 Å². The predicted octanol–water partition coefficient (Wildman–Crippen LogP) is 1.58. The summed E-state index contributed by atoms with van der Waals surface area (Å²) in [5.41, 5.74) is -1.59. The molecule has 1 aliphatic rings. The molecule has 0 saturated heterocycles. The van der Waals surface area contributed by atoms with E-state index in [1.807, 2.05) is 0 Å². The normalized spacial score (nSPS) is 13.1. The average molecular weight is 439 g/mol. The molecule has 2 aromatic heterocycles. The molecule has 0 bridgehead atoms. The van der Waals surface area contributed by atoms with Gasteiger partial charge in [-0.1, -0.05) is 12.8 Å². The van der Waals surface area contributed by atoms with Crippen LogP contribution in [-0.4, -0.2) is 37.8 Å². The molecule has 1 amide bonds. The Bertz CT molecular complexity index is 1270. The van der Waals surface area contributed by atoms with Gasteiger partial charge in [0.1, 0.15) is 12.3 Å².